The Hall–Kier alpha value is -2.70. The molecule has 3 unspecified atom stereocenters. The maximum atomic E-state index is 13.2. The highest BCUT2D eigenvalue weighted by atomic mass is 16.5. The summed E-state index contributed by atoms with van der Waals surface area (Å²) in [5.41, 5.74) is 0. The monoisotopic (exact) mass is 908 g/mol. The summed E-state index contributed by atoms with van der Waals surface area (Å²) in [6.07, 6.45) is 66.8. The Morgan fingerprint density at radius 2 is 0.831 bits per heavy atom. The van der Waals surface area contributed by atoms with Gasteiger partial charge in [0.05, 0.1) is 25.2 Å². The predicted molar refractivity (Wildman–Crippen MR) is 282 cm³/mol. The van der Waals surface area contributed by atoms with E-state index in [1.807, 2.05) is 6.08 Å². The van der Waals surface area contributed by atoms with Gasteiger partial charge < -0.3 is 20.3 Å². The molecular formula is C59H105NO5. The zero-order valence-electron chi connectivity index (χ0n) is 42.9. The van der Waals surface area contributed by atoms with E-state index >= 15 is 0 Å². The number of aliphatic hydroxyl groups is 2. The Morgan fingerprint density at radius 1 is 0.462 bits per heavy atom. The van der Waals surface area contributed by atoms with Crippen LogP contribution in [0.4, 0.5) is 0 Å². The molecule has 65 heavy (non-hydrogen) atoms. The molecule has 6 heteroatoms. The summed E-state index contributed by atoms with van der Waals surface area (Å²) in [5.74, 6) is -0.578. The fourth-order valence-corrected chi connectivity index (χ4v) is 8.12. The van der Waals surface area contributed by atoms with E-state index in [2.05, 4.69) is 92.9 Å². The van der Waals surface area contributed by atoms with Crippen LogP contribution < -0.4 is 5.32 Å². The third kappa shape index (κ3) is 47.6. The number of carbonyl (C=O) groups is 2. The lowest BCUT2D eigenvalue weighted by Gasteiger charge is -2.24. The van der Waals surface area contributed by atoms with Gasteiger partial charge in [-0.2, -0.15) is 0 Å². The van der Waals surface area contributed by atoms with Crippen molar-refractivity contribution in [1.82, 2.24) is 5.32 Å². The molecule has 1 amide bonds. The zero-order chi connectivity index (χ0) is 47.4. The lowest BCUT2D eigenvalue weighted by Crippen LogP contribution is -2.46. The standard InChI is InChI=1S/C59H105NO5/c1-4-7-10-13-16-19-22-25-28-31-34-37-40-43-46-49-52-59(64)65-55(50-47-44-41-38-35-32-29-26-23-20-17-14-11-8-5-2)53-58(63)60-56(54-61)57(62)51-48-45-42-39-36-33-30-27-24-21-18-15-12-9-6-3/h7,10,16,19,25-26,28-29,34,37,43,46,55-57,61-62H,4-6,8-9,11-15,17-18,20-24,27,30-33,35-36,38-42,44-45,47-54H2,1-3H3,(H,60,63)/b10-7+,19-16+,28-25+,29-26+,37-34+,46-43+. The molecule has 0 saturated carbocycles. The molecule has 0 saturated heterocycles. The van der Waals surface area contributed by atoms with Gasteiger partial charge in [0.15, 0.2) is 0 Å². The van der Waals surface area contributed by atoms with Crippen molar-refractivity contribution in [2.75, 3.05) is 6.61 Å². The fraction of sp³-hybridized carbons (Fsp3) is 0.763. The van der Waals surface area contributed by atoms with Crippen molar-refractivity contribution in [3.63, 3.8) is 0 Å². The number of rotatable bonds is 49. The minimum absolute atomic E-state index is 0.0407. The van der Waals surface area contributed by atoms with Gasteiger partial charge in [-0.25, -0.2) is 0 Å². The van der Waals surface area contributed by atoms with Gasteiger partial charge >= 0.3 is 5.97 Å². The second-order valence-corrected chi connectivity index (χ2v) is 18.6. The van der Waals surface area contributed by atoms with Crippen LogP contribution in [0, 0.1) is 0 Å². The van der Waals surface area contributed by atoms with Crippen LogP contribution >= 0.6 is 0 Å². The van der Waals surface area contributed by atoms with Crippen LogP contribution in [0.25, 0.3) is 0 Å². The fourth-order valence-electron chi connectivity index (χ4n) is 8.12. The number of amides is 1. The van der Waals surface area contributed by atoms with Gasteiger partial charge in [-0.05, 0) is 83.5 Å². The van der Waals surface area contributed by atoms with Gasteiger partial charge in [-0.3, -0.25) is 9.59 Å². The molecule has 3 N–H and O–H groups in total. The molecular weight excluding hydrogens is 803 g/mol. The summed E-state index contributed by atoms with van der Waals surface area (Å²) in [6, 6.07) is -0.722. The Morgan fingerprint density at radius 3 is 1.26 bits per heavy atom. The molecule has 0 heterocycles. The molecule has 0 bridgehead atoms. The molecule has 0 aromatic rings. The van der Waals surface area contributed by atoms with Gasteiger partial charge in [0, 0.05) is 6.42 Å². The number of hydrogen-bond acceptors (Lipinski definition) is 5. The Bertz CT molecular complexity index is 1200. The molecule has 0 aliphatic rings. The highest BCUT2D eigenvalue weighted by Crippen LogP contribution is 2.17. The zero-order valence-corrected chi connectivity index (χ0v) is 42.9. The van der Waals surface area contributed by atoms with Gasteiger partial charge in [-0.15, -0.1) is 0 Å². The first-order valence-corrected chi connectivity index (χ1v) is 27.7. The average molecular weight is 908 g/mol. The molecule has 0 spiro atoms. The van der Waals surface area contributed by atoms with Gasteiger partial charge in [0.1, 0.15) is 6.10 Å². The first-order chi connectivity index (χ1) is 32.0. The largest absolute Gasteiger partial charge is 0.462 e. The summed E-state index contributed by atoms with van der Waals surface area (Å²) < 4.78 is 5.90. The third-order valence-corrected chi connectivity index (χ3v) is 12.3. The smallest absolute Gasteiger partial charge is 0.306 e. The molecule has 0 aliphatic heterocycles. The highest BCUT2D eigenvalue weighted by molar-refractivity contribution is 5.77. The third-order valence-electron chi connectivity index (χ3n) is 12.3. The SMILES string of the molecule is CC/C=C/C/C=C/C/C=C/C/C=C/C/C=C/CCC(=O)OC(CCCCCCC/C=C/CCCCCCCC)CC(=O)NC(CO)C(O)CCCCCCCCCCCCCCCCC. The second kappa shape index (κ2) is 52.3. The summed E-state index contributed by atoms with van der Waals surface area (Å²) in [4.78, 5) is 26.2. The van der Waals surface area contributed by atoms with Crippen LogP contribution in [-0.4, -0.2) is 46.9 Å². The van der Waals surface area contributed by atoms with Gasteiger partial charge in [0.2, 0.25) is 5.91 Å². The lowest BCUT2D eigenvalue weighted by atomic mass is 10.0. The van der Waals surface area contributed by atoms with Crippen LogP contribution in [-0.2, 0) is 14.3 Å². The van der Waals surface area contributed by atoms with Crippen LogP contribution in [0.1, 0.15) is 265 Å². The van der Waals surface area contributed by atoms with Crippen molar-refractivity contribution < 1.29 is 24.5 Å². The summed E-state index contributed by atoms with van der Waals surface area (Å²) in [5, 5.41) is 23.8. The van der Waals surface area contributed by atoms with Crippen molar-refractivity contribution in [1.29, 1.82) is 0 Å². The number of hydrogen-bond donors (Lipinski definition) is 3. The number of carbonyl (C=O) groups excluding carboxylic acids is 2. The van der Waals surface area contributed by atoms with E-state index in [0.717, 1.165) is 77.0 Å². The Kier molecular flexibility index (Phi) is 50.1. The first-order valence-electron chi connectivity index (χ1n) is 27.7. The van der Waals surface area contributed by atoms with Gasteiger partial charge in [0.25, 0.3) is 0 Å². The summed E-state index contributed by atoms with van der Waals surface area (Å²) in [6.45, 7) is 6.36. The molecule has 0 aliphatic carbocycles. The molecule has 3 atom stereocenters. The molecule has 0 aromatic heterocycles. The van der Waals surface area contributed by atoms with Crippen molar-refractivity contribution in [2.24, 2.45) is 0 Å². The number of ether oxygens (including phenoxy) is 1. The topological polar surface area (TPSA) is 95.9 Å². The summed E-state index contributed by atoms with van der Waals surface area (Å²) >= 11 is 0. The van der Waals surface area contributed by atoms with E-state index in [-0.39, 0.29) is 31.3 Å². The minimum Gasteiger partial charge on any atom is -0.462 e. The van der Waals surface area contributed by atoms with E-state index in [9.17, 15) is 19.8 Å². The maximum absolute atomic E-state index is 13.2. The maximum Gasteiger partial charge on any atom is 0.306 e. The predicted octanol–water partition coefficient (Wildman–Crippen LogP) is 17.0. The second-order valence-electron chi connectivity index (χ2n) is 18.6. The van der Waals surface area contributed by atoms with E-state index in [1.54, 1.807) is 0 Å². The van der Waals surface area contributed by atoms with E-state index in [4.69, 9.17) is 4.74 Å². The summed E-state index contributed by atoms with van der Waals surface area (Å²) in [7, 11) is 0. The van der Waals surface area contributed by atoms with Crippen molar-refractivity contribution >= 4 is 11.9 Å². The van der Waals surface area contributed by atoms with Crippen molar-refractivity contribution in [3.05, 3.63) is 72.9 Å². The number of aliphatic hydroxyl groups excluding tert-OH is 2. The number of unbranched alkanes of at least 4 members (excludes halogenated alkanes) is 25. The molecule has 376 valence electrons. The Labute approximate surface area is 402 Å². The average Bonchev–Trinajstić information content (AvgIpc) is 3.30. The first kappa shape index (κ1) is 62.3. The number of allylic oxidation sites excluding steroid dienone is 12. The van der Waals surface area contributed by atoms with Crippen LogP contribution in [0.3, 0.4) is 0 Å². The quantitative estimate of drug-likeness (QED) is 0.0321. The van der Waals surface area contributed by atoms with Crippen molar-refractivity contribution in [2.45, 2.75) is 283 Å². The molecule has 0 aromatic carbocycles. The molecule has 0 rings (SSSR count). The molecule has 0 radical (unpaired) electrons. The number of esters is 1. The normalized spacial score (nSPS) is 13.7. The van der Waals surface area contributed by atoms with Crippen LogP contribution in [0.2, 0.25) is 0 Å². The molecule has 6 nitrogen and oxygen atoms in total. The number of nitrogens with one attached hydrogen (secondary N) is 1. The van der Waals surface area contributed by atoms with E-state index in [0.29, 0.717) is 19.3 Å². The van der Waals surface area contributed by atoms with Crippen LogP contribution in [0.5, 0.6) is 0 Å². The highest BCUT2D eigenvalue weighted by Gasteiger charge is 2.24. The lowest BCUT2D eigenvalue weighted by molar-refractivity contribution is -0.150. The van der Waals surface area contributed by atoms with Gasteiger partial charge in [-0.1, -0.05) is 241 Å². The Balaban J connectivity index is 4.68. The van der Waals surface area contributed by atoms with Crippen molar-refractivity contribution in [3.8, 4) is 0 Å². The van der Waals surface area contributed by atoms with E-state index in [1.165, 1.54) is 135 Å². The molecule has 0 fully saturated rings. The van der Waals surface area contributed by atoms with E-state index < -0.39 is 18.2 Å². The van der Waals surface area contributed by atoms with Crippen LogP contribution in [0.15, 0.2) is 72.9 Å². The minimum atomic E-state index is -0.805.